The smallest absolute Gasteiger partial charge is 0.260 e. The summed E-state index contributed by atoms with van der Waals surface area (Å²) >= 11 is 0. The summed E-state index contributed by atoms with van der Waals surface area (Å²) in [5.41, 5.74) is 0. The Hall–Kier alpha value is -2.70. The van der Waals surface area contributed by atoms with E-state index in [0.717, 1.165) is 12.8 Å². The second kappa shape index (κ2) is 7.72. The molecular weight excluding hydrogens is 313 g/mol. The van der Waals surface area contributed by atoms with Crippen LogP contribution in [0.15, 0.2) is 42.9 Å². The minimum absolute atomic E-state index is 0.0245. The van der Waals surface area contributed by atoms with Crippen LogP contribution in [0.1, 0.15) is 12.8 Å². The number of benzene rings is 1. The summed E-state index contributed by atoms with van der Waals surface area (Å²) in [6.45, 7) is 0.989. The highest BCUT2D eigenvalue weighted by atomic mass is 19.1. The number of piperidine rings is 1. The lowest BCUT2D eigenvalue weighted by atomic mass is 10.1. The quantitative estimate of drug-likeness (QED) is 0.839. The first-order valence-electron chi connectivity index (χ1n) is 7.80. The average molecular weight is 331 g/mol. The number of para-hydroxylation sites is 1. The highest BCUT2D eigenvalue weighted by molar-refractivity contribution is 5.77. The lowest BCUT2D eigenvalue weighted by Gasteiger charge is -2.31. The van der Waals surface area contributed by atoms with Gasteiger partial charge in [-0.1, -0.05) is 12.1 Å². The highest BCUT2D eigenvalue weighted by Crippen LogP contribution is 2.18. The van der Waals surface area contributed by atoms with Crippen LogP contribution in [-0.2, 0) is 4.79 Å². The largest absolute Gasteiger partial charge is 0.481 e. The molecule has 2 heterocycles. The van der Waals surface area contributed by atoms with Crippen LogP contribution in [0.4, 0.5) is 4.39 Å². The van der Waals surface area contributed by atoms with Crippen LogP contribution in [0.2, 0.25) is 0 Å². The number of carbonyl (C=O) groups is 1. The second-order valence-corrected chi connectivity index (χ2v) is 5.46. The number of likely N-dealkylation sites (tertiary alicyclic amines) is 1. The predicted molar refractivity (Wildman–Crippen MR) is 84.2 cm³/mol. The summed E-state index contributed by atoms with van der Waals surface area (Å²) in [5, 5.41) is 0. The number of rotatable bonds is 5. The molecule has 1 amide bonds. The van der Waals surface area contributed by atoms with Crippen LogP contribution < -0.4 is 9.47 Å². The van der Waals surface area contributed by atoms with Gasteiger partial charge in [0, 0.05) is 38.2 Å². The number of hydrogen-bond acceptors (Lipinski definition) is 5. The van der Waals surface area contributed by atoms with Gasteiger partial charge in [-0.2, -0.15) is 0 Å². The van der Waals surface area contributed by atoms with Crippen molar-refractivity contribution in [2.75, 3.05) is 19.7 Å². The Kier molecular flexibility index (Phi) is 5.20. The fourth-order valence-corrected chi connectivity index (χ4v) is 2.53. The van der Waals surface area contributed by atoms with Crippen molar-refractivity contribution in [2.45, 2.75) is 18.9 Å². The van der Waals surface area contributed by atoms with Gasteiger partial charge in [-0.05, 0) is 12.1 Å². The first-order chi connectivity index (χ1) is 11.7. The van der Waals surface area contributed by atoms with E-state index in [1.807, 2.05) is 0 Å². The number of halogens is 1. The van der Waals surface area contributed by atoms with Gasteiger partial charge in [0.15, 0.2) is 18.2 Å². The molecule has 0 unspecified atom stereocenters. The molecule has 6 nitrogen and oxygen atoms in total. The molecule has 0 saturated carbocycles. The van der Waals surface area contributed by atoms with Crippen molar-refractivity contribution >= 4 is 5.91 Å². The SMILES string of the molecule is O=C(COc1ccccc1F)N1CCC(Oc2ccncn2)CC1. The minimum atomic E-state index is -0.470. The minimum Gasteiger partial charge on any atom is -0.481 e. The Morgan fingerprint density at radius 1 is 1.25 bits per heavy atom. The van der Waals surface area contributed by atoms with Crippen molar-refractivity contribution in [1.29, 1.82) is 0 Å². The summed E-state index contributed by atoms with van der Waals surface area (Å²) in [6, 6.07) is 7.76. The fourth-order valence-electron chi connectivity index (χ4n) is 2.53. The third kappa shape index (κ3) is 4.18. The molecule has 2 aromatic rings. The van der Waals surface area contributed by atoms with E-state index in [2.05, 4.69) is 9.97 Å². The average Bonchev–Trinajstić information content (AvgIpc) is 2.62. The molecule has 0 N–H and O–H groups in total. The standard InChI is InChI=1S/C17H18FN3O3/c18-14-3-1-2-4-15(14)23-11-17(22)21-9-6-13(7-10-21)24-16-5-8-19-12-20-16/h1-5,8,12-13H,6-7,9-11H2. The topological polar surface area (TPSA) is 64.5 Å². The lowest BCUT2D eigenvalue weighted by molar-refractivity contribution is -0.135. The Balaban J connectivity index is 1.44. The maximum atomic E-state index is 13.5. The van der Waals surface area contributed by atoms with Gasteiger partial charge < -0.3 is 14.4 Å². The molecule has 24 heavy (non-hydrogen) atoms. The van der Waals surface area contributed by atoms with E-state index in [9.17, 15) is 9.18 Å². The van der Waals surface area contributed by atoms with Gasteiger partial charge in [0.25, 0.3) is 5.91 Å². The van der Waals surface area contributed by atoms with Gasteiger partial charge in [0.05, 0.1) is 0 Å². The molecule has 126 valence electrons. The molecule has 1 aromatic heterocycles. The summed E-state index contributed by atoms with van der Waals surface area (Å²) in [5.74, 6) is 0.00601. The van der Waals surface area contributed by atoms with E-state index in [1.54, 1.807) is 29.3 Å². The molecule has 1 aliphatic heterocycles. The molecule has 0 atom stereocenters. The molecule has 1 saturated heterocycles. The number of amides is 1. The molecule has 1 aromatic carbocycles. The molecule has 3 rings (SSSR count). The summed E-state index contributed by atoms with van der Waals surface area (Å²) in [4.78, 5) is 21.7. The number of hydrogen-bond donors (Lipinski definition) is 0. The van der Waals surface area contributed by atoms with Crippen LogP contribution in [0, 0.1) is 5.82 Å². The first-order valence-corrected chi connectivity index (χ1v) is 7.80. The van der Waals surface area contributed by atoms with Crippen LogP contribution in [0.5, 0.6) is 11.6 Å². The van der Waals surface area contributed by atoms with Crippen LogP contribution in [0.3, 0.4) is 0 Å². The zero-order valence-electron chi connectivity index (χ0n) is 13.1. The van der Waals surface area contributed by atoms with E-state index in [1.165, 1.54) is 18.5 Å². The van der Waals surface area contributed by atoms with Crippen molar-refractivity contribution < 1.29 is 18.7 Å². The Labute approximate surface area is 139 Å². The molecule has 0 spiro atoms. The fraction of sp³-hybridized carbons (Fsp3) is 0.353. The highest BCUT2D eigenvalue weighted by Gasteiger charge is 2.24. The van der Waals surface area contributed by atoms with Gasteiger partial charge in [-0.25, -0.2) is 14.4 Å². The van der Waals surface area contributed by atoms with Gasteiger partial charge >= 0.3 is 0 Å². The summed E-state index contributed by atoms with van der Waals surface area (Å²) < 4.78 is 24.5. The first kappa shape index (κ1) is 16.2. The van der Waals surface area contributed by atoms with Crippen molar-refractivity contribution in [2.24, 2.45) is 0 Å². The third-order valence-electron chi connectivity index (χ3n) is 3.82. The van der Waals surface area contributed by atoms with Crippen LogP contribution in [-0.4, -0.2) is 46.6 Å². The molecule has 0 bridgehead atoms. The van der Waals surface area contributed by atoms with Crippen molar-refractivity contribution in [3.63, 3.8) is 0 Å². The van der Waals surface area contributed by atoms with Crippen molar-refractivity contribution in [1.82, 2.24) is 14.9 Å². The Bertz CT molecular complexity index is 676. The molecule has 1 fully saturated rings. The molecule has 0 radical (unpaired) electrons. The van der Waals surface area contributed by atoms with Crippen LogP contribution >= 0.6 is 0 Å². The normalized spacial score (nSPS) is 15.1. The Morgan fingerprint density at radius 3 is 2.75 bits per heavy atom. The zero-order chi connectivity index (χ0) is 16.8. The molecule has 1 aliphatic rings. The Morgan fingerprint density at radius 2 is 2.04 bits per heavy atom. The van der Waals surface area contributed by atoms with Gasteiger partial charge in [0.2, 0.25) is 5.88 Å². The molecular formula is C17H18FN3O3. The van der Waals surface area contributed by atoms with E-state index in [-0.39, 0.29) is 24.4 Å². The zero-order valence-corrected chi connectivity index (χ0v) is 13.1. The van der Waals surface area contributed by atoms with E-state index >= 15 is 0 Å². The number of nitrogens with zero attached hydrogens (tertiary/aromatic N) is 3. The van der Waals surface area contributed by atoms with E-state index < -0.39 is 5.82 Å². The van der Waals surface area contributed by atoms with Gasteiger partial charge in [-0.15, -0.1) is 0 Å². The van der Waals surface area contributed by atoms with Gasteiger partial charge in [-0.3, -0.25) is 4.79 Å². The monoisotopic (exact) mass is 331 g/mol. The van der Waals surface area contributed by atoms with E-state index in [4.69, 9.17) is 9.47 Å². The maximum absolute atomic E-state index is 13.5. The molecule has 0 aliphatic carbocycles. The van der Waals surface area contributed by atoms with Gasteiger partial charge in [0.1, 0.15) is 12.4 Å². The van der Waals surface area contributed by atoms with E-state index in [0.29, 0.717) is 19.0 Å². The number of ether oxygens (including phenoxy) is 2. The lowest BCUT2D eigenvalue weighted by Crippen LogP contribution is -2.43. The second-order valence-electron chi connectivity index (χ2n) is 5.46. The summed E-state index contributed by atoms with van der Waals surface area (Å²) in [6.07, 6.45) is 4.52. The molecule has 7 heteroatoms. The summed E-state index contributed by atoms with van der Waals surface area (Å²) in [7, 11) is 0. The maximum Gasteiger partial charge on any atom is 0.260 e. The van der Waals surface area contributed by atoms with Crippen LogP contribution in [0.25, 0.3) is 0 Å². The number of carbonyl (C=O) groups excluding carboxylic acids is 1. The van der Waals surface area contributed by atoms with Crippen molar-refractivity contribution in [3.8, 4) is 11.6 Å². The van der Waals surface area contributed by atoms with Crippen molar-refractivity contribution in [3.05, 3.63) is 48.7 Å². The third-order valence-corrected chi connectivity index (χ3v) is 3.82. The predicted octanol–water partition coefficient (Wildman–Crippen LogP) is 2.06. The number of aromatic nitrogens is 2.